The number of aromatic nitrogens is 3. The summed E-state index contributed by atoms with van der Waals surface area (Å²) in [4.78, 5) is 1.38. The first-order valence-corrected chi connectivity index (χ1v) is 7.12. The molecule has 0 fully saturated rings. The van der Waals surface area contributed by atoms with Crippen LogP contribution in [-0.4, -0.2) is 14.8 Å². The van der Waals surface area contributed by atoms with Gasteiger partial charge in [0.2, 0.25) is 0 Å². The average molecular weight is 267 g/mol. The van der Waals surface area contributed by atoms with E-state index < -0.39 is 0 Å². The summed E-state index contributed by atoms with van der Waals surface area (Å²) in [5.74, 6) is 1.42. The van der Waals surface area contributed by atoms with E-state index in [1.165, 1.54) is 10.4 Å². The number of aryl methyl sites for hydroxylation is 1. The summed E-state index contributed by atoms with van der Waals surface area (Å²) < 4.78 is 2.81. The minimum absolute atomic E-state index is 0.382. The molecule has 3 nitrogen and oxygen atoms in total. The van der Waals surface area contributed by atoms with Crippen LogP contribution in [0.4, 0.5) is 0 Å². The molecule has 2 aromatic heterocycles. The molecule has 5 heteroatoms. The van der Waals surface area contributed by atoms with E-state index in [1.54, 1.807) is 11.3 Å². The van der Waals surface area contributed by atoms with Gasteiger partial charge < -0.3 is 0 Å². The number of H-pyrrole nitrogens is 1. The van der Waals surface area contributed by atoms with E-state index in [2.05, 4.69) is 47.0 Å². The van der Waals surface area contributed by atoms with Crippen molar-refractivity contribution in [2.75, 3.05) is 0 Å². The highest BCUT2D eigenvalue weighted by molar-refractivity contribution is 7.71. The molecule has 0 radical (unpaired) electrons. The van der Waals surface area contributed by atoms with Gasteiger partial charge in [0.15, 0.2) is 4.77 Å². The van der Waals surface area contributed by atoms with Crippen molar-refractivity contribution in [1.29, 1.82) is 0 Å². The first-order valence-electron chi connectivity index (χ1n) is 5.83. The lowest BCUT2D eigenvalue weighted by molar-refractivity contribution is 0.667. The van der Waals surface area contributed by atoms with Gasteiger partial charge in [0, 0.05) is 10.8 Å². The van der Waals surface area contributed by atoms with Crippen LogP contribution in [0.3, 0.4) is 0 Å². The molecule has 0 unspecified atom stereocenters. The molecule has 1 N–H and O–H groups in total. The summed E-state index contributed by atoms with van der Waals surface area (Å²) in [6.45, 7) is 7.29. The van der Waals surface area contributed by atoms with Crippen molar-refractivity contribution in [3.05, 3.63) is 32.5 Å². The van der Waals surface area contributed by atoms with Gasteiger partial charge in [-0.2, -0.15) is 5.10 Å². The molecule has 17 heavy (non-hydrogen) atoms. The number of hydrogen-bond donors (Lipinski definition) is 1. The minimum atomic E-state index is 0.382. The third-order valence-corrected chi connectivity index (χ3v) is 4.08. The van der Waals surface area contributed by atoms with E-state index in [0.29, 0.717) is 10.7 Å². The molecule has 0 aliphatic carbocycles. The fourth-order valence-corrected chi connectivity index (χ4v) is 3.06. The third kappa shape index (κ3) is 2.50. The first-order chi connectivity index (χ1) is 8.13. The quantitative estimate of drug-likeness (QED) is 0.856. The van der Waals surface area contributed by atoms with Crippen LogP contribution >= 0.6 is 23.6 Å². The predicted molar refractivity (Wildman–Crippen MR) is 74.3 cm³/mol. The Labute approximate surface area is 111 Å². The zero-order valence-corrected chi connectivity index (χ0v) is 12.0. The lowest BCUT2D eigenvalue weighted by atomic mass is 10.2. The summed E-state index contributed by atoms with van der Waals surface area (Å²) in [5, 5.41) is 9.34. The van der Waals surface area contributed by atoms with Crippen LogP contribution < -0.4 is 0 Å². The Morgan fingerprint density at radius 2 is 2.29 bits per heavy atom. The summed E-state index contributed by atoms with van der Waals surface area (Å²) in [5.41, 5.74) is 1.41. The monoisotopic (exact) mass is 267 g/mol. The molecule has 0 saturated carbocycles. The van der Waals surface area contributed by atoms with Crippen molar-refractivity contribution >= 4 is 23.6 Å². The Balaban J connectivity index is 2.36. The molecule has 2 heterocycles. The summed E-state index contributed by atoms with van der Waals surface area (Å²) in [6.07, 6.45) is 1.07. The van der Waals surface area contributed by atoms with Gasteiger partial charge in [0.25, 0.3) is 0 Å². The van der Waals surface area contributed by atoms with Crippen LogP contribution in [0.1, 0.15) is 43.0 Å². The van der Waals surface area contributed by atoms with Gasteiger partial charge in [0.1, 0.15) is 5.82 Å². The molecule has 0 atom stereocenters. The highest BCUT2D eigenvalue weighted by Gasteiger charge is 2.12. The van der Waals surface area contributed by atoms with Crippen LogP contribution in [-0.2, 0) is 13.0 Å². The molecule has 0 aliphatic rings. The highest BCUT2D eigenvalue weighted by atomic mass is 32.1. The number of hydrogen-bond acceptors (Lipinski definition) is 3. The van der Waals surface area contributed by atoms with Gasteiger partial charge in [-0.3, -0.25) is 9.67 Å². The van der Waals surface area contributed by atoms with Gasteiger partial charge in [0.05, 0.1) is 6.54 Å². The Bertz CT molecular complexity index is 548. The SMILES string of the molecule is CCc1ccsc1Cn1c(C(C)C)n[nH]c1=S. The molecule has 2 aromatic rings. The maximum absolute atomic E-state index is 5.29. The smallest absolute Gasteiger partial charge is 0.195 e. The zero-order chi connectivity index (χ0) is 12.4. The predicted octanol–water partition coefficient (Wildman–Crippen LogP) is 3.74. The lowest BCUT2D eigenvalue weighted by Gasteiger charge is -2.09. The number of nitrogens with one attached hydrogen (secondary N) is 1. The molecular formula is C12H17N3S2. The molecular weight excluding hydrogens is 250 g/mol. The standard InChI is InChI=1S/C12H17N3S2/c1-4-9-5-6-17-10(9)7-15-11(8(2)3)13-14-12(15)16/h5-6,8H,4,7H2,1-3H3,(H,14,16). The average Bonchev–Trinajstić information content (AvgIpc) is 2.87. The van der Waals surface area contributed by atoms with E-state index in [0.717, 1.165) is 18.8 Å². The summed E-state index contributed by atoms with van der Waals surface area (Å²) in [6, 6.07) is 2.19. The minimum Gasteiger partial charge on any atom is -0.299 e. The van der Waals surface area contributed by atoms with E-state index in [1.807, 2.05) is 0 Å². The molecule has 0 aromatic carbocycles. The van der Waals surface area contributed by atoms with Gasteiger partial charge >= 0.3 is 0 Å². The molecule has 92 valence electrons. The van der Waals surface area contributed by atoms with Crippen LogP contribution in [0.5, 0.6) is 0 Å². The van der Waals surface area contributed by atoms with Crippen LogP contribution in [0.2, 0.25) is 0 Å². The molecule has 0 bridgehead atoms. The van der Waals surface area contributed by atoms with Crippen LogP contribution in [0.15, 0.2) is 11.4 Å². The number of thiophene rings is 1. The molecule has 2 rings (SSSR count). The largest absolute Gasteiger partial charge is 0.299 e. The van der Waals surface area contributed by atoms with Gasteiger partial charge in [-0.15, -0.1) is 11.3 Å². The van der Waals surface area contributed by atoms with Gasteiger partial charge in [-0.1, -0.05) is 20.8 Å². The topological polar surface area (TPSA) is 33.6 Å². The Morgan fingerprint density at radius 1 is 1.53 bits per heavy atom. The number of rotatable bonds is 4. The first kappa shape index (κ1) is 12.5. The maximum atomic E-state index is 5.29. The Hall–Kier alpha value is -0.940. The zero-order valence-electron chi connectivity index (χ0n) is 10.4. The Morgan fingerprint density at radius 3 is 2.94 bits per heavy atom. The van der Waals surface area contributed by atoms with Crippen molar-refractivity contribution < 1.29 is 0 Å². The van der Waals surface area contributed by atoms with Crippen molar-refractivity contribution in [1.82, 2.24) is 14.8 Å². The van der Waals surface area contributed by atoms with E-state index in [-0.39, 0.29) is 0 Å². The van der Waals surface area contributed by atoms with Crippen molar-refractivity contribution in [3.63, 3.8) is 0 Å². The van der Waals surface area contributed by atoms with Crippen LogP contribution in [0, 0.1) is 4.77 Å². The maximum Gasteiger partial charge on any atom is 0.195 e. The summed E-state index contributed by atoms with van der Waals surface area (Å²) >= 11 is 7.09. The fraction of sp³-hybridized carbons (Fsp3) is 0.500. The van der Waals surface area contributed by atoms with Crippen molar-refractivity contribution in [2.45, 2.75) is 39.7 Å². The normalized spacial score (nSPS) is 11.3. The summed E-state index contributed by atoms with van der Waals surface area (Å²) in [7, 11) is 0. The van der Waals surface area contributed by atoms with E-state index >= 15 is 0 Å². The van der Waals surface area contributed by atoms with E-state index in [4.69, 9.17) is 12.2 Å². The second-order valence-electron chi connectivity index (χ2n) is 4.35. The highest BCUT2D eigenvalue weighted by Crippen LogP contribution is 2.21. The second kappa shape index (κ2) is 5.14. The van der Waals surface area contributed by atoms with Crippen molar-refractivity contribution in [2.24, 2.45) is 0 Å². The van der Waals surface area contributed by atoms with E-state index in [9.17, 15) is 0 Å². The van der Waals surface area contributed by atoms with Gasteiger partial charge in [-0.25, -0.2) is 0 Å². The third-order valence-electron chi connectivity index (χ3n) is 2.82. The van der Waals surface area contributed by atoms with Crippen molar-refractivity contribution in [3.8, 4) is 0 Å². The number of nitrogens with zero attached hydrogens (tertiary/aromatic N) is 2. The Kier molecular flexibility index (Phi) is 3.79. The second-order valence-corrected chi connectivity index (χ2v) is 5.74. The molecule has 0 aliphatic heterocycles. The van der Waals surface area contributed by atoms with Gasteiger partial charge in [-0.05, 0) is 35.6 Å². The molecule has 0 spiro atoms. The van der Waals surface area contributed by atoms with Crippen LogP contribution in [0.25, 0.3) is 0 Å². The number of aromatic amines is 1. The molecule has 0 amide bonds. The fourth-order valence-electron chi connectivity index (χ4n) is 1.89. The molecule has 0 saturated heterocycles. The lowest BCUT2D eigenvalue weighted by Crippen LogP contribution is -2.07.